The van der Waals surface area contributed by atoms with Gasteiger partial charge in [-0.1, -0.05) is 252 Å². The number of aliphatic hydroxyl groups excluding tert-OH is 2. The highest BCUT2D eigenvalue weighted by molar-refractivity contribution is 7.47. The largest absolute Gasteiger partial charge is 0.472 e. The van der Waals surface area contributed by atoms with Crippen molar-refractivity contribution >= 4 is 33.6 Å². The summed E-state index contributed by atoms with van der Waals surface area (Å²) in [5.41, 5.74) is 0. The molecule has 18 heteroatoms. The third-order valence-corrected chi connectivity index (χ3v) is 15.1. The summed E-state index contributed by atoms with van der Waals surface area (Å²) in [4.78, 5) is 58.4. The summed E-state index contributed by atoms with van der Waals surface area (Å²) in [5, 5.41) is 20.6. The first-order chi connectivity index (χ1) is 47.2. The number of allylic oxidation sites excluding steroid dienone is 36. The zero-order valence-electron chi connectivity index (χ0n) is 58.6. The molecule has 542 valence electrons. The average molecular weight is 1390 g/mol. The van der Waals surface area contributed by atoms with Gasteiger partial charge in [-0.15, -0.1) is 0 Å². The molecule has 0 bridgehead atoms. The van der Waals surface area contributed by atoms with E-state index in [1.54, 1.807) is 0 Å². The van der Waals surface area contributed by atoms with Gasteiger partial charge in [-0.3, -0.25) is 32.5 Å². The van der Waals surface area contributed by atoms with E-state index in [4.69, 9.17) is 32.3 Å². The van der Waals surface area contributed by atoms with E-state index in [1.165, 1.54) is 0 Å². The normalized spacial score (nSPS) is 15.4. The SMILES string of the molecule is CC/C=C\C/C=C\C/C=C\C/C=C\C/C=C\C/C=C\CCCCCCC(=O)OCC(O)COP(=O)(O)OCC(O)COP(=O)(O)OCC(COC(=O)CC/C=C\C/C=C\C/C=C\C/C=C\C/C=C\C/C=C\CC)OC(=O)CC/C=C\C/C=C\C/C=C\C/C=C\C/C=C\C/C=C\CC. The molecule has 0 aliphatic heterocycles. The van der Waals surface area contributed by atoms with E-state index in [1.807, 2.05) is 36.5 Å². The molecule has 0 rings (SSSR count). The van der Waals surface area contributed by atoms with Crippen molar-refractivity contribution in [3.63, 3.8) is 0 Å². The first-order valence-corrected chi connectivity index (χ1v) is 38.0. The zero-order chi connectivity index (χ0) is 70.9. The van der Waals surface area contributed by atoms with E-state index in [-0.39, 0.29) is 19.3 Å². The van der Waals surface area contributed by atoms with Crippen LogP contribution in [0.25, 0.3) is 0 Å². The number of phosphoric acid groups is 2. The zero-order valence-corrected chi connectivity index (χ0v) is 60.4. The molecule has 0 aromatic rings. The summed E-state index contributed by atoms with van der Waals surface area (Å²) < 4.78 is 60.7. The Labute approximate surface area is 583 Å². The fourth-order valence-electron chi connectivity index (χ4n) is 7.98. The van der Waals surface area contributed by atoms with Crippen LogP contribution in [0.5, 0.6) is 0 Å². The van der Waals surface area contributed by atoms with E-state index in [0.29, 0.717) is 32.1 Å². The van der Waals surface area contributed by atoms with E-state index >= 15 is 0 Å². The molecule has 0 spiro atoms. The van der Waals surface area contributed by atoms with E-state index in [2.05, 4.69) is 203 Å². The van der Waals surface area contributed by atoms with Gasteiger partial charge >= 0.3 is 33.6 Å². The van der Waals surface area contributed by atoms with Crippen molar-refractivity contribution < 1.29 is 75.8 Å². The molecule has 0 fully saturated rings. The Balaban J connectivity index is 4.88. The van der Waals surface area contributed by atoms with Gasteiger partial charge in [-0.2, -0.15) is 0 Å². The second-order valence-electron chi connectivity index (χ2n) is 22.2. The molecular formula is C79H120O16P2. The van der Waals surface area contributed by atoms with Gasteiger partial charge in [0.15, 0.2) is 6.10 Å². The molecule has 0 saturated carbocycles. The van der Waals surface area contributed by atoms with Gasteiger partial charge in [0, 0.05) is 19.3 Å². The van der Waals surface area contributed by atoms with Gasteiger partial charge in [0.2, 0.25) is 0 Å². The second kappa shape index (κ2) is 69.8. The smallest absolute Gasteiger partial charge is 0.463 e. The highest BCUT2D eigenvalue weighted by Gasteiger charge is 2.29. The summed E-state index contributed by atoms with van der Waals surface area (Å²) in [6, 6.07) is 0. The fourth-order valence-corrected chi connectivity index (χ4v) is 9.56. The van der Waals surface area contributed by atoms with Crippen LogP contribution in [0, 0.1) is 0 Å². The summed E-state index contributed by atoms with van der Waals surface area (Å²) in [5.74, 6) is -1.82. The molecule has 0 saturated heterocycles. The maximum Gasteiger partial charge on any atom is 0.472 e. The van der Waals surface area contributed by atoms with Crippen LogP contribution in [0.3, 0.4) is 0 Å². The number of rotatable bonds is 63. The number of carbonyl (C=O) groups excluding carboxylic acids is 3. The van der Waals surface area contributed by atoms with Gasteiger partial charge < -0.3 is 34.2 Å². The van der Waals surface area contributed by atoms with E-state index in [0.717, 1.165) is 128 Å². The number of phosphoric ester groups is 2. The van der Waals surface area contributed by atoms with Gasteiger partial charge in [-0.25, -0.2) is 9.13 Å². The Morgan fingerprint density at radius 3 is 0.866 bits per heavy atom. The van der Waals surface area contributed by atoms with Crippen molar-refractivity contribution in [2.75, 3.05) is 39.6 Å². The standard InChI is InChI=1S/C79H120O16P2/c1-4-7-10-13-16-19-22-25-28-31-34-35-36-37-40-42-44-47-50-53-56-59-62-65-77(82)89-68-74(80)69-91-96(85,86)92-70-75(81)71-93-97(87,88)94-73-76(95-79(84)67-64-61-58-55-52-49-46-43-39-33-30-27-24-21-18-15-12-9-6-3)72-90-78(83)66-63-60-57-54-51-48-45-41-38-32-29-26-23-20-17-14-11-8-5-2/h7-12,16-21,25-30,34-35,37-41,43-44,47-49,51-52,57-58,60-61,74-76,80-81H,4-6,13-15,22-24,31-33,36,42,45-46,50,53-56,59,62-73H2,1-3H3,(H,85,86)(H,87,88)/b10-7-,11-8-,12-9-,19-16-,20-17-,21-18-,28-25-,29-26-,30-27-,35-34-,40-37-,41-38-,43-39-,47-44-,51-48-,52-49-,60-57-,61-58-. The predicted molar refractivity (Wildman–Crippen MR) is 398 cm³/mol. The van der Waals surface area contributed by atoms with Crippen LogP contribution in [0.15, 0.2) is 219 Å². The van der Waals surface area contributed by atoms with Crippen molar-refractivity contribution in [1.82, 2.24) is 0 Å². The number of carbonyl (C=O) groups is 3. The van der Waals surface area contributed by atoms with Crippen molar-refractivity contribution in [2.45, 2.75) is 219 Å². The van der Waals surface area contributed by atoms with Crippen LogP contribution in [0.4, 0.5) is 0 Å². The first kappa shape index (κ1) is 90.9. The lowest BCUT2D eigenvalue weighted by molar-refractivity contribution is -0.161. The molecule has 0 radical (unpaired) electrons. The molecule has 0 aromatic heterocycles. The van der Waals surface area contributed by atoms with Crippen LogP contribution in [-0.4, -0.2) is 95.9 Å². The highest BCUT2D eigenvalue weighted by atomic mass is 31.2. The summed E-state index contributed by atoms with van der Waals surface area (Å²) in [7, 11) is -9.86. The number of hydrogen-bond donors (Lipinski definition) is 4. The summed E-state index contributed by atoms with van der Waals surface area (Å²) in [6.45, 7) is 2.06. The molecule has 16 nitrogen and oxygen atoms in total. The summed E-state index contributed by atoms with van der Waals surface area (Å²) in [6.07, 6.45) is 93.0. The third kappa shape index (κ3) is 71.0. The van der Waals surface area contributed by atoms with Crippen molar-refractivity contribution in [3.8, 4) is 0 Å². The Kier molecular flexibility index (Phi) is 65.4. The quantitative estimate of drug-likeness (QED) is 0.0146. The lowest BCUT2D eigenvalue weighted by Gasteiger charge is -2.21. The topological polar surface area (TPSA) is 231 Å². The molecule has 0 aliphatic carbocycles. The minimum Gasteiger partial charge on any atom is -0.463 e. The molecular weight excluding hydrogens is 1270 g/mol. The molecule has 0 aromatic carbocycles. The highest BCUT2D eigenvalue weighted by Crippen LogP contribution is 2.45. The second-order valence-corrected chi connectivity index (χ2v) is 25.1. The predicted octanol–water partition coefficient (Wildman–Crippen LogP) is 20.0. The first-order valence-electron chi connectivity index (χ1n) is 35.0. The number of aliphatic hydroxyl groups is 2. The maximum atomic E-state index is 12.9. The lowest BCUT2D eigenvalue weighted by Crippen LogP contribution is -2.29. The van der Waals surface area contributed by atoms with Gasteiger partial charge in [-0.05, 0) is 148 Å². The van der Waals surface area contributed by atoms with Crippen LogP contribution in [0.2, 0.25) is 0 Å². The molecule has 4 N–H and O–H groups in total. The number of unbranched alkanes of at least 4 members (excludes halogenated alkanes) is 4. The number of hydrogen-bond acceptors (Lipinski definition) is 14. The monoisotopic (exact) mass is 1390 g/mol. The Bertz CT molecular complexity index is 2640. The Morgan fingerprint density at radius 2 is 0.536 bits per heavy atom. The average Bonchev–Trinajstić information content (AvgIpc) is 1.81. The molecule has 97 heavy (non-hydrogen) atoms. The number of ether oxygens (including phenoxy) is 3. The molecule has 0 heterocycles. The van der Waals surface area contributed by atoms with Crippen LogP contribution >= 0.6 is 15.6 Å². The van der Waals surface area contributed by atoms with Gasteiger partial charge in [0.05, 0.1) is 26.4 Å². The van der Waals surface area contributed by atoms with E-state index < -0.39 is 91.5 Å². The Hall–Kier alpha value is -6.13. The Morgan fingerprint density at radius 1 is 0.289 bits per heavy atom. The van der Waals surface area contributed by atoms with Crippen LogP contribution in [0.1, 0.15) is 201 Å². The van der Waals surface area contributed by atoms with Crippen LogP contribution < -0.4 is 0 Å². The summed E-state index contributed by atoms with van der Waals surface area (Å²) >= 11 is 0. The van der Waals surface area contributed by atoms with E-state index in [9.17, 15) is 43.5 Å². The van der Waals surface area contributed by atoms with Crippen molar-refractivity contribution in [3.05, 3.63) is 219 Å². The molecule has 5 unspecified atom stereocenters. The van der Waals surface area contributed by atoms with Crippen LogP contribution in [-0.2, 0) is 55.8 Å². The molecule has 0 aliphatic rings. The fraction of sp³-hybridized carbons (Fsp3) is 0.506. The maximum absolute atomic E-state index is 12.9. The van der Waals surface area contributed by atoms with Gasteiger partial charge in [0.25, 0.3) is 0 Å². The minimum atomic E-state index is -4.98. The third-order valence-electron chi connectivity index (χ3n) is 13.2. The molecule has 0 amide bonds. The van der Waals surface area contributed by atoms with Crippen molar-refractivity contribution in [1.29, 1.82) is 0 Å². The van der Waals surface area contributed by atoms with Crippen molar-refractivity contribution in [2.24, 2.45) is 0 Å². The van der Waals surface area contributed by atoms with Gasteiger partial charge in [0.1, 0.15) is 25.4 Å². The minimum absolute atomic E-state index is 0.0181. The lowest BCUT2D eigenvalue weighted by atomic mass is 10.1. The molecule has 5 atom stereocenters. The number of esters is 3.